The fourth-order valence-electron chi connectivity index (χ4n) is 2.13. The second-order valence-electron chi connectivity index (χ2n) is 4.06. The summed E-state index contributed by atoms with van der Waals surface area (Å²) < 4.78 is 0. The highest BCUT2D eigenvalue weighted by Gasteiger charge is 2.30. The number of allylic oxidation sites excluding steroid dienone is 1. The van der Waals surface area contributed by atoms with E-state index in [4.69, 9.17) is 0 Å². The predicted molar refractivity (Wildman–Crippen MR) is 50.5 cm³/mol. The number of hydrogen-bond acceptors (Lipinski definition) is 0. The third-order valence-corrected chi connectivity index (χ3v) is 3.24. The molecule has 1 rings (SSSR count). The zero-order valence-electron chi connectivity index (χ0n) is 7.84. The van der Waals surface area contributed by atoms with E-state index in [2.05, 4.69) is 20.4 Å². The fourth-order valence-corrected chi connectivity index (χ4v) is 2.13. The van der Waals surface area contributed by atoms with E-state index >= 15 is 0 Å². The molecule has 0 saturated heterocycles. The number of hydrogen-bond donors (Lipinski definition) is 0. The van der Waals surface area contributed by atoms with Gasteiger partial charge in [0, 0.05) is 0 Å². The van der Waals surface area contributed by atoms with E-state index in [1.54, 1.807) is 0 Å². The average Bonchev–Trinajstić information content (AvgIpc) is 1.98. The van der Waals surface area contributed by atoms with Gasteiger partial charge in [-0.25, -0.2) is 0 Å². The minimum Gasteiger partial charge on any atom is -0.103 e. The Morgan fingerprint density at radius 3 is 2.64 bits per heavy atom. The Morgan fingerprint density at radius 2 is 2.27 bits per heavy atom. The average molecular weight is 152 g/mol. The van der Waals surface area contributed by atoms with E-state index in [1.165, 1.54) is 25.7 Å². The van der Waals surface area contributed by atoms with Crippen LogP contribution in [0.25, 0.3) is 0 Å². The van der Waals surface area contributed by atoms with Gasteiger partial charge in [0.05, 0.1) is 0 Å². The molecule has 0 amide bonds. The molecule has 0 N–H and O–H groups in total. The molecule has 0 aromatic carbocycles. The smallest absolute Gasteiger partial charge is 0.0351 e. The van der Waals surface area contributed by atoms with Crippen molar-refractivity contribution in [2.24, 2.45) is 17.8 Å². The molecule has 0 radical (unpaired) electrons. The Kier molecular flexibility index (Phi) is 3.16. The van der Waals surface area contributed by atoms with Gasteiger partial charge < -0.3 is 0 Å². The highest BCUT2D eigenvalue weighted by atomic mass is 14.4. The van der Waals surface area contributed by atoms with Gasteiger partial charge in [0.15, 0.2) is 0 Å². The Balaban J connectivity index is 2.18. The molecule has 0 aliphatic heterocycles. The van der Waals surface area contributed by atoms with Crippen LogP contribution in [0.1, 0.15) is 39.5 Å². The lowest BCUT2D eigenvalue weighted by Crippen LogP contribution is -2.28. The molecule has 0 spiro atoms. The third kappa shape index (κ3) is 2.08. The molecular formula is C11H20. The molecule has 1 fully saturated rings. The van der Waals surface area contributed by atoms with E-state index in [9.17, 15) is 0 Å². The molecule has 0 nitrogen and oxygen atoms in total. The van der Waals surface area contributed by atoms with E-state index < -0.39 is 0 Å². The number of rotatable bonds is 4. The molecule has 0 heteroatoms. The van der Waals surface area contributed by atoms with Gasteiger partial charge >= 0.3 is 0 Å². The zero-order chi connectivity index (χ0) is 8.27. The lowest BCUT2D eigenvalue weighted by molar-refractivity contribution is 0.124. The van der Waals surface area contributed by atoms with Gasteiger partial charge in [-0.3, -0.25) is 0 Å². The van der Waals surface area contributed by atoms with Crippen LogP contribution in [0.3, 0.4) is 0 Å². The molecule has 0 heterocycles. The molecule has 3 unspecified atom stereocenters. The van der Waals surface area contributed by atoms with Gasteiger partial charge in [-0.1, -0.05) is 26.3 Å². The van der Waals surface area contributed by atoms with E-state index in [1.807, 2.05) is 6.08 Å². The first kappa shape index (κ1) is 8.83. The minimum absolute atomic E-state index is 0.928. The Labute approximate surface area is 70.7 Å². The predicted octanol–water partition coefficient (Wildman–Crippen LogP) is 3.63. The molecular weight excluding hydrogens is 132 g/mol. The van der Waals surface area contributed by atoms with Crippen LogP contribution in [-0.2, 0) is 0 Å². The topological polar surface area (TPSA) is 0 Å². The first-order chi connectivity index (χ1) is 5.25. The molecule has 3 atom stereocenters. The van der Waals surface area contributed by atoms with Crippen LogP contribution in [0.5, 0.6) is 0 Å². The van der Waals surface area contributed by atoms with E-state index in [0.29, 0.717) is 0 Å². The first-order valence-corrected chi connectivity index (χ1v) is 4.86. The molecule has 1 aliphatic rings. The highest BCUT2D eigenvalue weighted by molar-refractivity contribution is 4.82. The van der Waals surface area contributed by atoms with Crippen LogP contribution >= 0.6 is 0 Å². The summed E-state index contributed by atoms with van der Waals surface area (Å²) in [7, 11) is 0. The van der Waals surface area contributed by atoms with Gasteiger partial charge in [-0.05, 0) is 37.0 Å². The normalized spacial score (nSPS) is 32.5. The van der Waals surface area contributed by atoms with Crippen molar-refractivity contribution in [2.45, 2.75) is 39.5 Å². The van der Waals surface area contributed by atoms with Crippen LogP contribution < -0.4 is 0 Å². The van der Waals surface area contributed by atoms with Gasteiger partial charge in [0.25, 0.3) is 0 Å². The monoisotopic (exact) mass is 152 g/mol. The molecule has 0 aromatic rings. The molecule has 0 bridgehead atoms. The first-order valence-electron chi connectivity index (χ1n) is 4.86. The highest BCUT2D eigenvalue weighted by Crippen LogP contribution is 2.40. The maximum Gasteiger partial charge on any atom is -0.0351 e. The summed E-state index contributed by atoms with van der Waals surface area (Å²) >= 11 is 0. The van der Waals surface area contributed by atoms with Crippen molar-refractivity contribution >= 4 is 0 Å². The largest absolute Gasteiger partial charge is 0.103 e. The second kappa shape index (κ2) is 3.94. The molecule has 64 valence electrons. The molecule has 1 aliphatic carbocycles. The maximum absolute atomic E-state index is 3.75. The van der Waals surface area contributed by atoms with Gasteiger partial charge in [-0.15, -0.1) is 6.58 Å². The third-order valence-electron chi connectivity index (χ3n) is 3.24. The van der Waals surface area contributed by atoms with Gasteiger partial charge in [-0.2, -0.15) is 0 Å². The van der Waals surface area contributed by atoms with Crippen molar-refractivity contribution in [1.29, 1.82) is 0 Å². The molecule has 0 aromatic heterocycles. The van der Waals surface area contributed by atoms with Gasteiger partial charge in [0.2, 0.25) is 0 Å². The Hall–Kier alpha value is -0.260. The van der Waals surface area contributed by atoms with Crippen LogP contribution in [0.2, 0.25) is 0 Å². The fraction of sp³-hybridized carbons (Fsp3) is 0.818. The summed E-state index contributed by atoms with van der Waals surface area (Å²) in [4.78, 5) is 0. The van der Waals surface area contributed by atoms with Crippen molar-refractivity contribution in [3.05, 3.63) is 12.7 Å². The summed E-state index contributed by atoms with van der Waals surface area (Å²) in [5.41, 5.74) is 0. The van der Waals surface area contributed by atoms with Crippen LogP contribution in [0, 0.1) is 17.8 Å². The summed E-state index contributed by atoms with van der Waals surface area (Å²) in [5.74, 6) is 2.95. The Bertz CT molecular complexity index is 126. The van der Waals surface area contributed by atoms with Crippen molar-refractivity contribution in [3.63, 3.8) is 0 Å². The summed E-state index contributed by atoms with van der Waals surface area (Å²) in [6.45, 7) is 8.54. The van der Waals surface area contributed by atoms with Crippen LogP contribution in [-0.4, -0.2) is 0 Å². The van der Waals surface area contributed by atoms with Crippen molar-refractivity contribution in [2.75, 3.05) is 0 Å². The lowest BCUT2D eigenvalue weighted by Gasteiger charge is -2.38. The summed E-state index contributed by atoms with van der Waals surface area (Å²) in [6.07, 6.45) is 7.52. The van der Waals surface area contributed by atoms with Crippen LogP contribution in [0.15, 0.2) is 12.7 Å². The zero-order valence-corrected chi connectivity index (χ0v) is 7.84. The quantitative estimate of drug-likeness (QED) is 0.539. The van der Waals surface area contributed by atoms with Crippen molar-refractivity contribution in [3.8, 4) is 0 Å². The Morgan fingerprint density at radius 1 is 1.55 bits per heavy atom. The standard InChI is InChI=1S/C11H20/c1-4-5-6-9(2)11-8-7-10(11)3/h4,9-11H,1,5-8H2,2-3H3. The van der Waals surface area contributed by atoms with Crippen molar-refractivity contribution in [1.82, 2.24) is 0 Å². The summed E-state index contributed by atoms with van der Waals surface area (Å²) in [6, 6.07) is 0. The van der Waals surface area contributed by atoms with E-state index in [0.717, 1.165) is 17.8 Å². The lowest BCUT2D eigenvalue weighted by atomic mass is 9.67. The van der Waals surface area contributed by atoms with Gasteiger partial charge in [0.1, 0.15) is 0 Å². The molecule has 11 heavy (non-hydrogen) atoms. The summed E-state index contributed by atoms with van der Waals surface area (Å²) in [5, 5.41) is 0. The van der Waals surface area contributed by atoms with Crippen LogP contribution in [0.4, 0.5) is 0 Å². The minimum atomic E-state index is 0.928. The maximum atomic E-state index is 3.75. The van der Waals surface area contributed by atoms with Crippen molar-refractivity contribution < 1.29 is 0 Å². The SMILES string of the molecule is C=CCCC(C)C1CCC1C. The second-order valence-corrected chi connectivity index (χ2v) is 4.06. The van der Waals surface area contributed by atoms with E-state index in [-0.39, 0.29) is 0 Å². The molecule has 1 saturated carbocycles.